The average Bonchev–Trinajstić information content (AvgIpc) is 3.44. The first-order valence-corrected chi connectivity index (χ1v) is 10.2. The summed E-state index contributed by atoms with van der Waals surface area (Å²) in [5.41, 5.74) is 2.71. The summed E-state index contributed by atoms with van der Waals surface area (Å²) < 4.78 is 6.98. The minimum atomic E-state index is -0.434. The average molecular weight is 399 g/mol. The number of ether oxygens (including phenoxy) is 1. The van der Waals surface area contributed by atoms with Crippen LogP contribution in [0.4, 0.5) is 4.79 Å². The maximum atomic E-state index is 12.4. The second kappa shape index (κ2) is 7.97. The molecule has 9 heteroatoms. The van der Waals surface area contributed by atoms with Crippen LogP contribution in [-0.4, -0.2) is 57.7 Å². The molecule has 28 heavy (non-hydrogen) atoms. The van der Waals surface area contributed by atoms with E-state index in [1.165, 1.54) is 0 Å². The van der Waals surface area contributed by atoms with Gasteiger partial charge in [-0.05, 0) is 36.9 Å². The van der Waals surface area contributed by atoms with Gasteiger partial charge in [-0.15, -0.1) is 0 Å². The molecule has 3 aromatic rings. The van der Waals surface area contributed by atoms with Gasteiger partial charge in [-0.2, -0.15) is 11.3 Å². The van der Waals surface area contributed by atoms with Gasteiger partial charge in [0.15, 0.2) is 5.65 Å². The highest BCUT2D eigenvalue weighted by molar-refractivity contribution is 7.08. The van der Waals surface area contributed by atoms with Crippen molar-refractivity contribution in [3.05, 3.63) is 35.2 Å². The molecule has 1 aliphatic rings. The molecule has 1 aliphatic heterocycles. The summed E-state index contributed by atoms with van der Waals surface area (Å²) in [5, 5.41) is 6.72. The van der Waals surface area contributed by atoms with E-state index < -0.39 is 5.97 Å². The number of nitrogens with one attached hydrogen (secondary N) is 1. The highest BCUT2D eigenvalue weighted by Gasteiger charge is 2.31. The molecule has 1 fully saturated rings. The van der Waals surface area contributed by atoms with Gasteiger partial charge in [-0.3, -0.25) is 4.79 Å². The maximum Gasteiger partial charge on any atom is 0.325 e. The highest BCUT2D eigenvalue weighted by atomic mass is 32.1. The van der Waals surface area contributed by atoms with Crippen LogP contribution in [0.1, 0.15) is 19.4 Å². The number of nitrogens with zero attached hydrogens (tertiary/aromatic N) is 4. The van der Waals surface area contributed by atoms with Crippen molar-refractivity contribution >= 4 is 34.5 Å². The summed E-state index contributed by atoms with van der Waals surface area (Å²) >= 11 is 1.62. The lowest BCUT2D eigenvalue weighted by molar-refractivity contribution is -0.141. The van der Waals surface area contributed by atoms with Crippen molar-refractivity contribution in [2.75, 3.05) is 26.2 Å². The summed E-state index contributed by atoms with van der Waals surface area (Å²) in [6.45, 7) is 3.05. The van der Waals surface area contributed by atoms with Crippen molar-refractivity contribution in [2.45, 2.75) is 19.4 Å². The van der Waals surface area contributed by atoms with Gasteiger partial charge in [0.05, 0.1) is 12.6 Å². The Balaban J connectivity index is 1.54. The number of likely N-dealkylation sites (tertiary alicyclic amines) is 1. The van der Waals surface area contributed by atoms with Gasteiger partial charge < -0.3 is 19.5 Å². The molecule has 0 aromatic carbocycles. The molecule has 3 aromatic heterocycles. The fourth-order valence-electron chi connectivity index (χ4n) is 3.48. The van der Waals surface area contributed by atoms with Crippen molar-refractivity contribution in [2.24, 2.45) is 0 Å². The smallest absolute Gasteiger partial charge is 0.325 e. The van der Waals surface area contributed by atoms with Gasteiger partial charge in [0.25, 0.3) is 0 Å². The molecule has 146 valence electrons. The first-order chi connectivity index (χ1) is 13.7. The molecular weight excluding hydrogens is 378 g/mol. The zero-order valence-electron chi connectivity index (χ0n) is 15.5. The number of thiophene rings is 1. The summed E-state index contributed by atoms with van der Waals surface area (Å²) in [4.78, 5) is 34.9. The number of pyridine rings is 1. The Hall–Kier alpha value is -2.94. The van der Waals surface area contributed by atoms with E-state index in [9.17, 15) is 9.59 Å². The van der Waals surface area contributed by atoms with Gasteiger partial charge in [-0.25, -0.2) is 14.8 Å². The van der Waals surface area contributed by atoms with E-state index in [2.05, 4.69) is 20.2 Å². The number of carbonyl (C=O) groups is 2. The molecular formula is C19H21N5O3S. The first-order valence-electron chi connectivity index (χ1n) is 9.21. The molecule has 1 atom stereocenters. The number of rotatable bonds is 5. The van der Waals surface area contributed by atoms with E-state index in [0.29, 0.717) is 19.7 Å². The third kappa shape index (κ3) is 3.57. The standard InChI is InChI=1S/C19H21N5O3S/c1-2-27-16(25)10-21-19(26)23-8-5-14(11-23)24-17(13-6-9-28-12-13)22-15-4-3-7-20-18(15)24/h3-4,6-7,9,12,14H,2,5,8,10-11H2,1H3,(H,21,26)/t14-/m0/s1. The number of hydrogen-bond acceptors (Lipinski definition) is 6. The van der Waals surface area contributed by atoms with E-state index in [4.69, 9.17) is 9.72 Å². The predicted octanol–water partition coefficient (Wildman–Crippen LogP) is 2.68. The molecule has 1 saturated heterocycles. The Morgan fingerprint density at radius 2 is 2.29 bits per heavy atom. The number of urea groups is 1. The van der Waals surface area contributed by atoms with Crippen LogP contribution in [0.25, 0.3) is 22.6 Å². The van der Waals surface area contributed by atoms with Crippen LogP contribution >= 0.6 is 11.3 Å². The molecule has 0 radical (unpaired) electrons. The van der Waals surface area contributed by atoms with E-state index >= 15 is 0 Å². The van der Waals surface area contributed by atoms with Gasteiger partial charge >= 0.3 is 12.0 Å². The number of imidazole rings is 1. The van der Waals surface area contributed by atoms with E-state index in [1.54, 1.807) is 29.4 Å². The topological polar surface area (TPSA) is 89.4 Å². The summed E-state index contributed by atoms with van der Waals surface area (Å²) in [5.74, 6) is 0.435. The SMILES string of the molecule is CCOC(=O)CNC(=O)N1CC[C@H](n2c(-c3ccsc3)nc3cccnc32)C1. The zero-order chi connectivity index (χ0) is 19.5. The summed E-state index contributed by atoms with van der Waals surface area (Å²) in [7, 11) is 0. The lowest BCUT2D eigenvalue weighted by Gasteiger charge is -2.19. The van der Waals surface area contributed by atoms with Crippen LogP contribution in [0.3, 0.4) is 0 Å². The van der Waals surface area contributed by atoms with Crippen LogP contribution < -0.4 is 5.32 Å². The third-order valence-electron chi connectivity index (χ3n) is 4.73. The van der Waals surface area contributed by atoms with Crippen LogP contribution in [0.15, 0.2) is 35.2 Å². The van der Waals surface area contributed by atoms with Crippen molar-refractivity contribution in [1.82, 2.24) is 24.8 Å². The van der Waals surface area contributed by atoms with Gasteiger partial charge in [0.2, 0.25) is 0 Å². The van der Waals surface area contributed by atoms with Gasteiger partial charge in [0.1, 0.15) is 17.9 Å². The lowest BCUT2D eigenvalue weighted by atomic mass is 10.2. The molecule has 0 aliphatic carbocycles. The Morgan fingerprint density at radius 1 is 1.39 bits per heavy atom. The molecule has 2 amide bonds. The number of esters is 1. The minimum Gasteiger partial charge on any atom is -0.465 e. The number of carbonyl (C=O) groups excluding carboxylic acids is 2. The van der Waals surface area contributed by atoms with E-state index in [1.807, 2.05) is 23.6 Å². The second-order valence-corrected chi connectivity index (χ2v) is 7.30. The van der Waals surface area contributed by atoms with Crippen LogP contribution in [0.5, 0.6) is 0 Å². The van der Waals surface area contributed by atoms with Crippen LogP contribution in [0.2, 0.25) is 0 Å². The number of fused-ring (bicyclic) bond motifs is 1. The van der Waals surface area contributed by atoms with Gasteiger partial charge in [0, 0.05) is 30.2 Å². The minimum absolute atomic E-state index is 0.0724. The van der Waals surface area contributed by atoms with Crippen molar-refractivity contribution < 1.29 is 14.3 Å². The van der Waals surface area contributed by atoms with Crippen molar-refractivity contribution in [3.8, 4) is 11.4 Å². The second-order valence-electron chi connectivity index (χ2n) is 6.52. The summed E-state index contributed by atoms with van der Waals surface area (Å²) in [6, 6.07) is 5.68. The van der Waals surface area contributed by atoms with Gasteiger partial charge in [-0.1, -0.05) is 0 Å². The molecule has 8 nitrogen and oxygen atoms in total. The Kier molecular flexibility index (Phi) is 5.25. The third-order valence-corrected chi connectivity index (χ3v) is 5.42. The van der Waals surface area contributed by atoms with Crippen molar-refractivity contribution in [3.63, 3.8) is 0 Å². The quantitative estimate of drug-likeness (QED) is 0.667. The lowest BCUT2D eigenvalue weighted by Crippen LogP contribution is -2.41. The zero-order valence-corrected chi connectivity index (χ0v) is 16.3. The Labute approximate surface area is 166 Å². The predicted molar refractivity (Wildman–Crippen MR) is 106 cm³/mol. The molecule has 1 N–H and O–H groups in total. The van der Waals surface area contributed by atoms with Crippen LogP contribution in [-0.2, 0) is 9.53 Å². The fraction of sp³-hybridized carbons (Fsp3) is 0.368. The molecule has 4 rings (SSSR count). The highest BCUT2D eigenvalue weighted by Crippen LogP contribution is 2.32. The largest absolute Gasteiger partial charge is 0.465 e. The van der Waals surface area contributed by atoms with Crippen LogP contribution in [0, 0.1) is 0 Å². The molecule has 0 saturated carbocycles. The number of aromatic nitrogens is 3. The molecule has 0 bridgehead atoms. The molecule has 0 spiro atoms. The van der Waals surface area contributed by atoms with E-state index in [-0.39, 0.29) is 18.6 Å². The molecule has 0 unspecified atom stereocenters. The number of amides is 2. The monoisotopic (exact) mass is 399 g/mol. The normalized spacial score (nSPS) is 16.5. The fourth-order valence-corrected chi connectivity index (χ4v) is 4.11. The number of hydrogen-bond donors (Lipinski definition) is 1. The first kappa shape index (κ1) is 18.4. The Bertz CT molecular complexity index is 985. The maximum absolute atomic E-state index is 12.4. The Morgan fingerprint density at radius 3 is 3.07 bits per heavy atom. The summed E-state index contributed by atoms with van der Waals surface area (Å²) in [6.07, 6.45) is 2.56. The van der Waals surface area contributed by atoms with E-state index in [0.717, 1.165) is 29.0 Å². The molecule has 4 heterocycles. The van der Waals surface area contributed by atoms with Crippen molar-refractivity contribution in [1.29, 1.82) is 0 Å².